The van der Waals surface area contributed by atoms with Gasteiger partial charge in [-0.05, 0) is 48.5 Å². The van der Waals surface area contributed by atoms with Gasteiger partial charge in [0.2, 0.25) is 0 Å². The van der Waals surface area contributed by atoms with Gasteiger partial charge in [-0.15, -0.1) is 0 Å². The SMILES string of the molecule is NC(=O)Nc1ccc(C(=O)Oc2ccc(Br)cc2)cc1. The number of rotatable bonds is 3. The highest BCUT2D eigenvalue weighted by Crippen LogP contribution is 2.18. The first-order valence-corrected chi connectivity index (χ1v) is 6.48. The van der Waals surface area contributed by atoms with Crippen molar-refractivity contribution in [2.45, 2.75) is 0 Å². The number of amides is 2. The average molecular weight is 335 g/mol. The topological polar surface area (TPSA) is 81.4 Å². The van der Waals surface area contributed by atoms with E-state index < -0.39 is 12.0 Å². The number of nitrogens with one attached hydrogen (secondary N) is 1. The summed E-state index contributed by atoms with van der Waals surface area (Å²) in [6.07, 6.45) is 0. The number of esters is 1. The second-order valence-corrected chi connectivity index (χ2v) is 4.83. The van der Waals surface area contributed by atoms with Crippen LogP contribution in [0.25, 0.3) is 0 Å². The van der Waals surface area contributed by atoms with Crippen molar-refractivity contribution in [3.8, 4) is 5.75 Å². The Morgan fingerprint density at radius 3 is 2.15 bits per heavy atom. The Kier molecular flexibility index (Phi) is 4.37. The number of hydrogen-bond donors (Lipinski definition) is 2. The van der Waals surface area contributed by atoms with Crippen molar-refractivity contribution in [2.75, 3.05) is 5.32 Å². The molecule has 2 aromatic carbocycles. The van der Waals surface area contributed by atoms with E-state index in [1.165, 1.54) is 0 Å². The lowest BCUT2D eigenvalue weighted by atomic mass is 10.2. The quantitative estimate of drug-likeness (QED) is 0.668. The fraction of sp³-hybridized carbons (Fsp3) is 0. The summed E-state index contributed by atoms with van der Waals surface area (Å²) < 4.78 is 6.11. The van der Waals surface area contributed by atoms with Gasteiger partial charge in [-0.25, -0.2) is 9.59 Å². The molecule has 0 aromatic heterocycles. The molecule has 0 bridgehead atoms. The minimum atomic E-state index is -0.657. The molecule has 0 radical (unpaired) electrons. The van der Waals surface area contributed by atoms with Crippen molar-refractivity contribution in [1.82, 2.24) is 0 Å². The molecule has 0 saturated carbocycles. The fourth-order valence-corrected chi connectivity index (χ4v) is 1.76. The molecule has 0 aliphatic rings. The highest BCUT2D eigenvalue weighted by molar-refractivity contribution is 9.10. The molecule has 6 heteroatoms. The van der Waals surface area contributed by atoms with Crippen LogP contribution < -0.4 is 15.8 Å². The second-order valence-electron chi connectivity index (χ2n) is 3.91. The number of halogens is 1. The highest BCUT2D eigenvalue weighted by Gasteiger charge is 2.08. The van der Waals surface area contributed by atoms with Gasteiger partial charge in [-0.1, -0.05) is 15.9 Å². The Hall–Kier alpha value is -2.34. The Bertz CT molecular complexity index is 624. The Morgan fingerprint density at radius 2 is 1.60 bits per heavy atom. The number of carbonyl (C=O) groups is 2. The molecule has 5 nitrogen and oxygen atoms in total. The van der Waals surface area contributed by atoms with E-state index in [0.29, 0.717) is 17.0 Å². The third-order valence-corrected chi connectivity index (χ3v) is 2.94. The van der Waals surface area contributed by atoms with Crippen molar-refractivity contribution in [2.24, 2.45) is 5.73 Å². The Morgan fingerprint density at radius 1 is 1.00 bits per heavy atom. The molecule has 0 saturated heterocycles. The van der Waals surface area contributed by atoms with E-state index >= 15 is 0 Å². The number of benzene rings is 2. The molecule has 20 heavy (non-hydrogen) atoms. The number of urea groups is 1. The Labute approximate surface area is 123 Å². The summed E-state index contributed by atoms with van der Waals surface area (Å²) >= 11 is 3.30. The first kappa shape index (κ1) is 14.1. The molecule has 2 aromatic rings. The van der Waals surface area contributed by atoms with E-state index in [1.54, 1.807) is 48.5 Å². The third kappa shape index (κ3) is 3.83. The van der Waals surface area contributed by atoms with E-state index in [9.17, 15) is 9.59 Å². The number of primary amides is 1. The van der Waals surface area contributed by atoms with Crippen LogP contribution in [0.4, 0.5) is 10.5 Å². The Balaban J connectivity index is 2.05. The van der Waals surface area contributed by atoms with Gasteiger partial charge < -0.3 is 15.8 Å². The van der Waals surface area contributed by atoms with Crippen LogP contribution in [0, 0.1) is 0 Å². The predicted octanol–water partition coefficient (Wildman–Crippen LogP) is 3.16. The average Bonchev–Trinajstić information content (AvgIpc) is 2.41. The molecule has 0 aliphatic carbocycles. The monoisotopic (exact) mass is 334 g/mol. The number of nitrogens with two attached hydrogens (primary N) is 1. The lowest BCUT2D eigenvalue weighted by molar-refractivity contribution is 0.0735. The van der Waals surface area contributed by atoms with Crippen LogP contribution in [0.2, 0.25) is 0 Å². The smallest absolute Gasteiger partial charge is 0.343 e. The van der Waals surface area contributed by atoms with Crippen molar-refractivity contribution in [1.29, 1.82) is 0 Å². The summed E-state index contributed by atoms with van der Waals surface area (Å²) in [6.45, 7) is 0. The van der Waals surface area contributed by atoms with E-state index in [1.807, 2.05) is 0 Å². The molecular weight excluding hydrogens is 324 g/mol. The molecular formula is C14H11BrN2O3. The lowest BCUT2D eigenvalue weighted by Crippen LogP contribution is -2.19. The van der Waals surface area contributed by atoms with Gasteiger partial charge >= 0.3 is 12.0 Å². The third-order valence-electron chi connectivity index (χ3n) is 2.41. The van der Waals surface area contributed by atoms with Crippen molar-refractivity contribution >= 4 is 33.6 Å². The first-order chi connectivity index (χ1) is 9.54. The van der Waals surface area contributed by atoms with Gasteiger partial charge in [0.15, 0.2) is 0 Å². The second kappa shape index (κ2) is 6.21. The van der Waals surface area contributed by atoms with Crippen LogP contribution in [-0.2, 0) is 0 Å². The van der Waals surface area contributed by atoms with Gasteiger partial charge in [0.05, 0.1) is 5.56 Å². The van der Waals surface area contributed by atoms with Gasteiger partial charge in [-0.2, -0.15) is 0 Å². The fourth-order valence-electron chi connectivity index (χ4n) is 1.50. The predicted molar refractivity (Wildman–Crippen MR) is 78.7 cm³/mol. The molecule has 2 rings (SSSR count). The molecule has 0 unspecified atom stereocenters. The van der Waals surface area contributed by atoms with Crippen molar-refractivity contribution < 1.29 is 14.3 Å². The molecule has 0 atom stereocenters. The zero-order chi connectivity index (χ0) is 14.5. The maximum Gasteiger partial charge on any atom is 0.343 e. The summed E-state index contributed by atoms with van der Waals surface area (Å²) in [4.78, 5) is 22.6. The van der Waals surface area contributed by atoms with Crippen LogP contribution in [0.3, 0.4) is 0 Å². The number of carbonyl (C=O) groups excluding carboxylic acids is 2. The normalized spacial score (nSPS) is 9.85. The molecule has 0 aliphatic heterocycles. The van der Waals surface area contributed by atoms with Crippen LogP contribution in [0.5, 0.6) is 5.75 Å². The van der Waals surface area contributed by atoms with E-state index in [0.717, 1.165) is 4.47 Å². The van der Waals surface area contributed by atoms with Crippen LogP contribution >= 0.6 is 15.9 Å². The standard InChI is InChI=1S/C14H11BrN2O3/c15-10-3-7-12(8-4-10)20-13(18)9-1-5-11(6-2-9)17-14(16)19/h1-8H,(H3,16,17,19). The summed E-state index contributed by atoms with van der Waals surface area (Å²) in [5.74, 6) is -0.0181. The van der Waals surface area contributed by atoms with E-state index in [-0.39, 0.29) is 0 Å². The minimum Gasteiger partial charge on any atom is -0.423 e. The van der Waals surface area contributed by atoms with Gasteiger partial charge in [0.25, 0.3) is 0 Å². The van der Waals surface area contributed by atoms with Gasteiger partial charge in [0, 0.05) is 10.2 Å². The first-order valence-electron chi connectivity index (χ1n) is 5.69. The molecule has 2 amide bonds. The molecule has 3 N–H and O–H groups in total. The zero-order valence-corrected chi connectivity index (χ0v) is 11.9. The van der Waals surface area contributed by atoms with Gasteiger partial charge in [0.1, 0.15) is 5.75 Å². The summed E-state index contributed by atoms with van der Waals surface area (Å²) in [7, 11) is 0. The number of anilines is 1. The lowest BCUT2D eigenvalue weighted by Gasteiger charge is -2.05. The highest BCUT2D eigenvalue weighted by atomic mass is 79.9. The van der Waals surface area contributed by atoms with Crippen LogP contribution in [-0.4, -0.2) is 12.0 Å². The van der Waals surface area contributed by atoms with E-state index in [2.05, 4.69) is 21.2 Å². The largest absolute Gasteiger partial charge is 0.423 e. The van der Waals surface area contributed by atoms with Gasteiger partial charge in [-0.3, -0.25) is 0 Å². The molecule has 0 spiro atoms. The molecule has 0 fully saturated rings. The van der Waals surface area contributed by atoms with Crippen molar-refractivity contribution in [3.05, 3.63) is 58.6 Å². The summed E-state index contributed by atoms with van der Waals surface area (Å²) in [5, 5.41) is 2.41. The van der Waals surface area contributed by atoms with E-state index in [4.69, 9.17) is 10.5 Å². The van der Waals surface area contributed by atoms with Crippen LogP contribution in [0.15, 0.2) is 53.0 Å². The maximum absolute atomic E-state index is 11.9. The number of hydrogen-bond acceptors (Lipinski definition) is 3. The number of ether oxygens (including phenoxy) is 1. The molecule has 0 heterocycles. The van der Waals surface area contributed by atoms with Crippen molar-refractivity contribution in [3.63, 3.8) is 0 Å². The zero-order valence-electron chi connectivity index (χ0n) is 10.3. The van der Waals surface area contributed by atoms with Crippen LogP contribution in [0.1, 0.15) is 10.4 Å². The summed E-state index contributed by atoms with van der Waals surface area (Å²) in [6, 6.07) is 12.5. The molecule has 102 valence electrons. The minimum absolute atomic E-state index is 0.378. The maximum atomic E-state index is 11.9. The summed E-state index contributed by atoms with van der Waals surface area (Å²) in [5.41, 5.74) is 5.88.